The molecule has 5 N–H and O–H groups in total. The molecule has 1 saturated carbocycles. The van der Waals surface area contributed by atoms with E-state index in [2.05, 4.69) is 10.3 Å². The number of pyridine rings is 1. The highest BCUT2D eigenvalue weighted by Crippen LogP contribution is 2.30. The maximum absolute atomic E-state index is 12.7. The molecule has 1 aliphatic carbocycles. The van der Waals surface area contributed by atoms with Crippen molar-refractivity contribution in [2.45, 2.75) is 44.6 Å². The Kier molecular flexibility index (Phi) is 6.27. The number of carbonyl (C=O) groups is 1. The van der Waals surface area contributed by atoms with Crippen LogP contribution in [-0.4, -0.2) is 36.4 Å². The number of rotatable bonds is 6. The number of carbonyl (C=O) groups excluding carboxylic acids is 1. The first-order valence-corrected chi connectivity index (χ1v) is 7.83. The highest BCUT2D eigenvalue weighted by atomic mass is 19.3. The van der Waals surface area contributed by atoms with E-state index < -0.39 is 31.3 Å². The molecule has 10 heteroatoms. The van der Waals surface area contributed by atoms with Gasteiger partial charge in [-0.2, -0.15) is 4.98 Å². The van der Waals surface area contributed by atoms with Crippen LogP contribution < -0.4 is 21.5 Å². The third kappa shape index (κ3) is 5.10. The zero-order valence-corrected chi connectivity index (χ0v) is 13.4. The van der Waals surface area contributed by atoms with Crippen molar-refractivity contribution in [1.29, 1.82) is 0 Å². The van der Waals surface area contributed by atoms with Crippen LogP contribution in [0.25, 0.3) is 0 Å². The van der Waals surface area contributed by atoms with Gasteiger partial charge in [0.25, 0.3) is 12.3 Å². The Balaban J connectivity index is 2.06. The number of alkyl halides is 4. The van der Waals surface area contributed by atoms with Gasteiger partial charge in [-0.1, -0.05) is 0 Å². The predicted molar refractivity (Wildman–Crippen MR) is 83.8 cm³/mol. The first-order chi connectivity index (χ1) is 11.8. The number of halogens is 4. The molecule has 1 amide bonds. The summed E-state index contributed by atoms with van der Waals surface area (Å²) in [4.78, 5) is 16.1. The van der Waals surface area contributed by atoms with E-state index in [9.17, 15) is 22.4 Å². The van der Waals surface area contributed by atoms with Crippen LogP contribution in [0, 0.1) is 5.92 Å². The smallest absolute Gasteiger partial charge is 0.272 e. The van der Waals surface area contributed by atoms with Gasteiger partial charge in [0.15, 0.2) is 12.4 Å². The second-order valence-corrected chi connectivity index (χ2v) is 5.94. The molecule has 0 saturated heterocycles. The summed E-state index contributed by atoms with van der Waals surface area (Å²) >= 11 is 0. The lowest BCUT2D eigenvalue weighted by Crippen LogP contribution is -2.38. The zero-order chi connectivity index (χ0) is 18.6. The second-order valence-electron chi connectivity index (χ2n) is 5.94. The first kappa shape index (κ1) is 19.1. The van der Waals surface area contributed by atoms with Crippen molar-refractivity contribution in [2.24, 2.45) is 5.92 Å². The van der Waals surface area contributed by atoms with Crippen LogP contribution in [0.1, 0.15) is 36.0 Å². The minimum Gasteiger partial charge on any atom is -0.471 e. The number of nitrogens with zero attached hydrogens (tertiary/aromatic N) is 1. The molecule has 0 unspecified atom stereocenters. The van der Waals surface area contributed by atoms with Crippen LogP contribution in [0.15, 0.2) is 6.07 Å². The number of aromatic nitrogens is 1. The Labute approximate surface area is 141 Å². The lowest BCUT2D eigenvalue weighted by atomic mass is 9.86. The zero-order valence-electron chi connectivity index (χ0n) is 13.4. The molecule has 0 atom stereocenters. The quantitative estimate of drug-likeness (QED) is 0.673. The van der Waals surface area contributed by atoms with E-state index in [-0.39, 0.29) is 29.0 Å². The fourth-order valence-electron chi connectivity index (χ4n) is 2.72. The summed E-state index contributed by atoms with van der Waals surface area (Å²) in [5.74, 6) is -1.76. The molecule has 0 spiro atoms. The SMILES string of the molecule is Nc1cc(C(=O)N[C@H]2CC[C@H](C(F)F)CC2)c(OCC(F)F)nc1N. The summed E-state index contributed by atoms with van der Waals surface area (Å²) in [7, 11) is 0. The van der Waals surface area contributed by atoms with Crippen LogP contribution in [-0.2, 0) is 0 Å². The minimum absolute atomic E-state index is 0.0101. The van der Waals surface area contributed by atoms with E-state index in [0.717, 1.165) is 0 Å². The molecule has 25 heavy (non-hydrogen) atoms. The van der Waals surface area contributed by atoms with Crippen LogP contribution >= 0.6 is 0 Å². The predicted octanol–water partition coefficient (Wildman–Crippen LogP) is 2.44. The highest BCUT2D eigenvalue weighted by molar-refractivity contribution is 5.98. The van der Waals surface area contributed by atoms with E-state index in [1.54, 1.807) is 0 Å². The van der Waals surface area contributed by atoms with E-state index in [1.807, 2.05) is 0 Å². The van der Waals surface area contributed by atoms with Gasteiger partial charge in [-0.15, -0.1) is 0 Å². The maximum Gasteiger partial charge on any atom is 0.272 e. The molecule has 0 aliphatic heterocycles. The standard InChI is InChI=1S/C15H20F4N4O2/c16-11(17)6-25-15-9(5-10(20)13(21)23-15)14(24)22-8-3-1-7(2-4-8)12(18)19/h5,7-8,11-12H,1-4,6,20H2,(H2,21,23)(H,22,24)/t7-,8-. The molecule has 0 radical (unpaired) electrons. The van der Waals surface area contributed by atoms with Crippen molar-refractivity contribution in [3.63, 3.8) is 0 Å². The summed E-state index contributed by atoms with van der Waals surface area (Å²) in [6, 6.07) is 0.910. The van der Waals surface area contributed by atoms with Gasteiger partial charge in [0.1, 0.15) is 5.56 Å². The van der Waals surface area contributed by atoms with Crippen molar-refractivity contribution in [3.05, 3.63) is 11.6 Å². The van der Waals surface area contributed by atoms with Crippen molar-refractivity contribution in [1.82, 2.24) is 10.3 Å². The lowest BCUT2D eigenvalue weighted by Gasteiger charge is -2.28. The summed E-state index contributed by atoms with van der Waals surface area (Å²) in [5.41, 5.74) is 11.0. The molecule has 1 heterocycles. The summed E-state index contributed by atoms with van der Waals surface area (Å²) in [5, 5.41) is 2.68. The summed E-state index contributed by atoms with van der Waals surface area (Å²) in [6.07, 6.45) is -3.69. The minimum atomic E-state index is -2.75. The van der Waals surface area contributed by atoms with Crippen LogP contribution in [0.2, 0.25) is 0 Å². The summed E-state index contributed by atoms with van der Waals surface area (Å²) < 4.78 is 54.8. The van der Waals surface area contributed by atoms with Gasteiger partial charge in [0.2, 0.25) is 12.3 Å². The van der Waals surface area contributed by atoms with Gasteiger partial charge in [-0.3, -0.25) is 4.79 Å². The molecule has 1 aromatic rings. The molecule has 1 aliphatic rings. The number of anilines is 2. The third-order valence-corrected chi connectivity index (χ3v) is 4.10. The number of amides is 1. The Hall–Kier alpha value is -2.26. The third-order valence-electron chi connectivity index (χ3n) is 4.10. The number of hydrogen-bond donors (Lipinski definition) is 3. The average Bonchev–Trinajstić information content (AvgIpc) is 2.55. The van der Waals surface area contributed by atoms with E-state index >= 15 is 0 Å². The van der Waals surface area contributed by atoms with Gasteiger partial charge in [-0.05, 0) is 31.7 Å². The molecule has 1 aromatic heterocycles. The van der Waals surface area contributed by atoms with Crippen LogP contribution in [0.3, 0.4) is 0 Å². The number of nitrogens with one attached hydrogen (secondary N) is 1. The Morgan fingerprint density at radius 1 is 1.24 bits per heavy atom. The molecule has 1 fully saturated rings. The Bertz CT molecular complexity index is 607. The molecular formula is C15H20F4N4O2. The number of nitrogens with two attached hydrogens (primary N) is 2. The summed E-state index contributed by atoms with van der Waals surface area (Å²) in [6.45, 7) is -0.948. The van der Waals surface area contributed by atoms with Gasteiger partial charge in [0.05, 0.1) is 5.69 Å². The van der Waals surface area contributed by atoms with E-state index in [0.29, 0.717) is 25.7 Å². The monoisotopic (exact) mass is 364 g/mol. The largest absolute Gasteiger partial charge is 0.471 e. The maximum atomic E-state index is 12.7. The number of hydrogen-bond acceptors (Lipinski definition) is 5. The van der Waals surface area contributed by atoms with Gasteiger partial charge in [-0.25, -0.2) is 17.6 Å². The Morgan fingerprint density at radius 2 is 1.88 bits per heavy atom. The fourth-order valence-corrected chi connectivity index (χ4v) is 2.72. The average molecular weight is 364 g/mol. The lowest BCUT2D eigenvalue weighted by molar-refractivity contribution is 0.0498. The highest BCUT2D eigenvalue weighted by Gasteiger charge is 2.29. The van der Waals surface area contributed by atoms with Crippen molar-refractivity contribution < 1.29 is 27.1 Å². The first-order valence-electron chi connectivity index (χ1n) is 7.83. The normalized spacial score (nSPS) is 20.7. The topological polar surface area (TPSA) is 103 Å². The molecule has 0 bridgehead atoms. The molecule has 140 valence electrons. The fraction of sp³-hybridized carbons (Fsp3) is 0.600. The van der Waals surface area contributed by atoms with E-state index in [1.165, 1.54) is 6.07 Å². The van der Waals surface area contributed by atoms with Gasteiger partial charge in [0, 0.05) is 12.0 Å². The van der Waals surface area contributed by atoms with Crippen molar-refractivity contribution in [3.8, 4) is 5.88 Å². The van der Waals surface area contributed by atoms with Crippen molar-refractivity contribution >= 4 is 17.4 Å². The second kappa shape index (κ2) is 8.21. The van der Waals surface area contributed by atoms with Crippen LogP contribution in [0.5, 0.6) is 5.88 Å². The van der Waals surface area contributed by atoms with E-state index in [4.69, 9.17) is 16.2 Å². The van der Waals surface area contributed by atoms with Crippen molar-refractivity contribution in [2.75, 3.05) is 18.1 Å². The van der Waals surface area contributed by atoms with Gasteiger partial charge >= 0.3 is 0 Å². The number of nitrogen functional groups attached to an aromatic ring is 2. The Morgan fingerprint density at radius 3 is 2.44 bits per heavy atom. The molecule has 2 rings (SSSR count). The molecule has 0 aromatic carbocycles. The van der Waals surface area contributed by atoms with Crippen LogP contribution in [0.4, 0.5) is 29.1 Å². The van der Waals surface area contributed by atoms with Gasteiger partial charge < -0.3 is 21.5 Å². The number of ether oxygens (including phenoxy) is 1. The molecule has 6 nitrogen and oxygen atoms in total. The molecular weight excluding hydrogens is 344 g/mol.